The molecule has 0 radical (unpaired) electrons. The molecule has 0 atom stereocenters. The Kier molecular flexibility index (Phi) is 3.00. The molecule has 3 heteroatoms. The standard InChI is InChI=1S/C10H16N2O/c1-2-4-11(3-1)5-6-12-7-9-13-10-8-12/h1-4H,5-10H2. The molecule has 2 heterocycles. The van der Waals surface area contributed by atoms with Crippen molar-refractivity contribution in [3.05, 3.63) is 24.5 Å². The molecule has 1 aromatic heterocycles. The molecule has 1 aromatic rings. The zero-order chi connectivity index (χ0) is 8.93. The van der Waals surface area contributed by atoms with E-state index in [1.807, 2.05) is 0 Å². The quantitative estimate of drug-likeness (QED) is 0.685. The lowest BCUT2D eigenvalue weighted by atomic mass is 10.4. The molecule has 1 aliphatic rings. The fourth-order valence-corrected chi connectivity index (χ4v) is 1.60. The first-order valence-electron chi connectivity index (χ1n) is 4.86. The predicted molar refractivity (Wildman–Crippen MR) is 51.7 cm³/mol. The summed E-state index contributed by atoms with van der Waals surface area (Å²) in [4.78, 5) is 2.45. The summed E-state index contributed by atoms with van der Waals surface area (Å²) in [5, 5.41) is 0. The summed E-state index contributed by atoms with van der Waals surface area (Å²) < 4.78 is 7.51. The third-order valence-electron chi connectivity index (χ3n) is 2.44. The zero-order valence-corrected chi connectivity index (χ0v) is 7.85. The highest BCUT2D eigenvalue weighted by Gasteiger charge is 2.08. The number of hydrogen-bond acceptors (Lipinski definition) is 2. The van der Waals surface area contributed by atoms with Crippen LogP contribution in [-0.4, -0.2) is 42.3 Å². The fourth-order valence-electron chi connectivity index (χ4n) is 1.60. The van der Waals surface area contributed by atoms with Crippen LogP contribution in [-0.2, 0) is 11.3 Å². The molecular weight excluding hydrogens is 164 g/mol. The molecule has 13 heavy (non-hydrogen) atoms. The van der Waals surface area contributed by atoms with E-state index in [1.165, 1.54) is 0 Å². The van der Waals surface area contributed by atoms with Crippen molar-refractivity contribution in [2.75, 3.05) is 32.8 Å². The largest absolute Gasteiger partial charge is 0.379 e. The van der Waals surface area contributed by atoms with Crippen LogP contribution < -0.4 is 0 Å². The summed E-state index contributed by atoms with van der Waals surface area (Å²) in [5.41, 5.74) is 0. The second kappa shape index (κ2) is 4.44. The molecule has 1 saturated heterocycles. The van der Waals surface area contributed by atoms with Crippen molar-refractivity contribution in [2.24, 2.45) is 0 Å². The average Bonchev–Trinajstić information content (AvgIpc) is 2.69. The Morgan fingerprint density at radius 2 is 1.69 bits per heavy atom. The van der Waals surface area contributed by atoms with E-state index >= 15 is 0 Å². The van der Waals surface area contributed by atoms with E-state index in [9.17, 15) is 0 Å². The van der Waals surface area contributed by atoms with E-state index in [0.717, 1.165) is 39.4 Å². The predicted octanol–water partition coefficient (Wildman–Crippen LogP) is 0.820. The maximum Gasteiger partial charge on any atom is 0.0594 e. The van der Waals surface area contributed by atoms with Gasteiger partial charge in [0.05, 0.1) is 13.2 Å². The van der Waals surface area contributed by atoms with E-state index in [2.05, 4.69) is 34.0 Å². The van der Waals surface area contributed by atoms with Crippen molar-refractivity contribution in [1.82, 2.24) is 9.47 Å². The lowest BCUT2D eigenvalue weighted by Gasteiger charge is -2.26. The van der Waals surface area contributed by atoms with E-state index in [0.29, 0.717) is 0 Å². The second-order valence-electron chi connectivity index (χ2n) is 3.37. The molecular formula is C10H16N2O. The molecule has 0 unspecified atom stereocenters. The Morgan fingerprint density at radius 3 is 2.38 bits per heavy atom. The summed E-state index contributed by atoms with van der Waals surface area (Å²) in [6.45, 7) is 6.19. The monoisotopic (exact) mass is 180 g/mol. The number of hydrogen-bond donors (Lipinski definition) is 0. The van der Waals surface area contributed by atoms with Crippen molar-refractivity contribution in [3.63, 3.8) is 0 Å². The zero-order valence-electron chi connectivity index (χ0n) is 7.85. The van der Waals surface area contributed by atoms with Gasteiger partial charge in [-0.3, -0.25) is 4.90 Å². The number of rotatable bonds is 3. The van der Waals surface area contributed by atoms with Crippen LogP contribution in [0.25, 0.3) is 0 Å². The molecule has 0 spiro atoms. The summed E-state index contributed by atoms with van der Waals surface area (Å²) >= 11 is 0. The summed E-state index contributed by atoms with van der Waals surface area (Å²) in [6, 6.07) is 4.14. The van der Waals surface area contributed by atoms with Crippen LogP contribution in [0, 0.1) is 0 Å². The maximum absolute atomic E-state index is 5.29. The second-order valence-corrected chi connectivity index (χ2v) is 3.37. The molecule has 0 amide bonds. The van der Waals surface area contributed by atoms with Crippen molar-refractivity contribution in [3.8, 4) is 0 Å². The summed E-state index contributed by atoms with van der Waals surface area (Å²) in [6.07, 6.45) is 4.22. The van der Waals surface area contributed by atoms with Gasteiger partial charge >= 0.3 is 0 Å². The molecule has 0 N–H and O–H groups in total. The van der Waals surface area contributed by atoms with Gasteiger partial charge in [-0.05, 0) is 12.1 Å². The van der Waals surface area contributed by atoms with Gasteiger partial charge in [-0.15, -0.1) is 0 Å². The third kappa shape index (κ3) is 2.57. The van der Waals surface area contributed by atoms with Crippen molar-refractivity contribution in [2.45, 2.75) is 6.54 Å². The molecule has 0 saturated carbocycles. The van der Waals surface area contributed by atoms with Gasteiger partial charge in [0.25, 0.3) is 0 Å². The Bertz CT molecular complexity index is 227. The van der Waals surface area contributed by atoms with Gasteiger partial charge in [-0.2, -0.15) is 0 Å². The maximum atomic E-state index is 5.29. The molecule has 2 rings (SSSR count). The molecule has 1 fully saturated rings. The van der Waals surface area contributed by atoms with Crippen LogP contribution in [0.3, 0.4) is 0 Å². The van der Waals surface area contributed by atoms with Gasteiger partial charge in [0.15, 0.2) is 0 Å². The van der Waals surface area contributed by atoms with E-state index in [4.69, 9.17) is 4.74 Å². The fraction of sp³-hybridized carbons (Fsp3) is 0.600. The minimum absolute atomic E-state index is 0.895. The van der Waals surface area contributed by atoms with Gasteiger partial charge in [0, 0.05) is 38.6 Å². The van der Waals surface area contributed by atoms with Crippen molar-refractivity contribution < 1.29 is 4.74 Å². The first-order valence-corrected chi connectivity index (χ1v) is 4.86. The highest BCUT2D eigenvalue weighted by Crippen LogP contribution is 1.98. The summed E-state index contributed by atoms with van der Waals surface area (Å²) in [5.74, 6) is 0. The molecule has 0 aliphatic carbocycles. The number of morpholine rings is 1. The normalized spacial score (nSPS) is 19.1. The van der Waals surface area contributed by atoms with Crippen LogP contribution in [0.4, 0.5) is 0 Å². The third-order valence-corrected chi connectivity index (χ3v) is 2.44. The van der Waals surface area contributed by atoms with E-state index < -0.39 is 0 Å². The summed E-state index contributed by atoms with van der Waals surface area (Å²) in [7, 11) is 0. The van der Waals surface area contributed by atoms with Gasteiger partial charge in [-0.25, -0.2) is 0 Å². The van der Waals surface area contributed by atoms with Gasteiger partial charge in [0.2, 0.25) is 0 Å². The Labute approximate surface area is 78.9 Å². The lowest BCUT2D eigenvalue weighted by molar-refractivity contribution is 0.0364. The minimum atomic E-state index is 0.895. The molecule has 0 bridgehead atoms. The van der Waals surface area contributed by atoms with E-state index in [1.54, 1.807) is 0 Å². The number of ether oxygens (including phenoxy) is 1. The SMILES string of the molecule is c1ccn(CCN2CCOCC2)c1. The molecule has 3 nitrogen and oxygen atoms in total. The topological polar surface area (TPSA) is 17.4 Å². The van der Waals surface area contributed by atoms with Crippen LogP contribution >= 0.6 is 0 Å². The number of aromatic nitrogens is 1. The highest BCUT2D eigenvalue weighted by molar-refractivity contribution is 4.90. The van der Waals surface area contributed by atoms with Crippen molar-refractivity contribution in [1.29, 1.82) is 0 Å². The van der Waals surface area contributed by atoms with Gasteiger partial charge in [0.1, 0.15) is 0 Å². The number of nitrogens with zero attached hydrogens (tertiary/aromatic N) is 2. The Morgan fingerprint density at radius 1 is 1.00 bits per heavy atom. The van der Waals surface area contributed by atoms with Gasteiger partial charge in [-0.1, -0.05) is 0 Å². The lowest BCUT2D eigenvalue weighted by Crippen LogP contribution is -2.38. The smallest absolute Gasteiger partial charge is 0.0594 e. The average molecular weight is 180 g/mol. The van der Waals surface area contributed by atoms with E-state index in [-0.39, 0.29) is 0 Å². The molecule has 1 aliphatic heterocycles. The van der Waals surface area contributed by atoms with Crippen LogP contribution in [0.5, 0.6) is 0 Å². The first kappa shape index (κ1) is 8.78. The van der Waals surface area contributed by atoms with Crippen molar-refractivity contribution >= 4 is 0 Å². The van der Waals surface area contributed by atoms with Crippen LogP contribution in [0.2, 0.25) is 0 Å². The van der Waals surface area contributed by atoms with Crippen LogP contribution in [0.1, 0.15) is 0 Å². The first-order chi connectivity index (χ1) is 6.45. The molecule has 0 aromatic carbocycles. The Balaban J connectivity index is 1.72. The molecule has 72 valence electrons. The Hall–Kier alpha value is -0.800. The highest BCUT2D eigenvalue weighted by atomic mass is 16.5. The minimum Gasteiger partial charge on any atom is -0.379 e. The van der Waals surface area contributed by atoms with Crippen LogP contribution in [0.15, 0.2) is 24.5 Å². The van der Waals surface area contributed by atoms with Gasteiger partial charge < -0.3 is 9.30 Å².